The molecule has 0 atom stereocenters. The number of benzene rings is 2. The zero-order chi connectivity index (χ0) is 22.3. The van der Waals surface area contributed by atoms with Gasteiger partial charge in [-0.1, -0.05) is 13.8 Å². The fourth-order valence-corrected chi connectivity index (χ4v) is 4.30. The smallest absolute Gasteiger partial charge is 0.243 e. The fraction of sp³-hybridized carbons (Fsp3) is 0.350. The van der Waals surface area contributed by atoms with Gasteiger partial charge >= 0.3 is 0 Å². The highest BCUT2D eigenvalue weighted by Gasteiger charge is 2.23. The molecule has 0 spiro atoms. The Morgan fingerprint density at radius 3 is 2.23 bits per heavy atom. The van der Waals surface area contributed by atoms with Gasteiger partial charge in [0.25, 0.3) is 0 Å². The Balaban J connectivity index is 2.16. The molecule has 1 amide bonds. The Labute approximate surface area is 176 Å². The maximum Gasteiger partial charge on any atom is 0.243 e. The molecule has 0 aliphatic heterocycles. The molecule has 0 saturated carbocycles. The topological polar surface area (TPSA) is 97.0 Å². The number of nitrogens with zero attached hydrogens (tertiary/aromatic N) is 1. The lowest BCUT2D eigenvalue weighted by molar-refractivity contribution is -0.114. The molecule has 0 radical (unpaired) electrons. The molecule has 10 heteroatoms. The minimum atomic E-state index is -3.69. The molecule has 2 aromatic rings. The van der Waals surface area contributed by atoms with E-state index in [1.165, 1.54) is 48.9 Å². The van der Waals surface area contributed by atoms with E-state index < -0.39 is 21.7 Å². The first kappa shape index (κ1) is 23.4. The van der Waals surface area contributed by atoms with E-state index in [0.29, 0.717) is 24.5 Å². The van der Waals surface area contributed by atoms with Crippen LogP contribution in [0.15, 0.2) is 41.3 Å². The van der Waals surface area contributed by atoms with Crippen molar-refractivity contribution in [1.82, 2.24) is 4.31 Å². The van der Waals surface area contributed by atoms with Crippen molar-refractivity contribution in [1.29, 1.82) is 0 Å². The standard InChI is InChI=1S/C20H26FN3O5S/c1-5-24(6-2)30(26,27)15-8-10-19(29-4)17(12-15)23-20(25)13-22-14-7-9-18(28-3)16(21)11-14/h7-12,22H,5-6,13H2,1-4H3,(H,23,25). The molecule has 0 unspecified atom stereocenters. The number of rotatable bonds is 10. The van der Waals surface area contributed by atoms with Crippen LogP contribution in [0.5, 0.6) is 11.5 Å². The average molecular weight is 440 g/mol. The molecule has 2 rings (SSSR count). The maximum atomic E-state index is 13.8. The van der Waals surface area contributed by atoms with E-state index in [1.54, 1.807) is 19.9 Å². The van der Waals surface area contributed by atoms with E-state index in [1.807, 2.05) is 0 Å². The highest BCUT2D eigenvalue weighted by molar-refractivity contribution is 7.89. The number of anilines is 2. The number of nitrogens with one attached hydrogen (secondary N) is 2. The first-order chi connectivity index (χ1) is 14.3. The summed E-state index contributed by atoms with van der Waals surface area (Å²) in [5.41, 5.74) is 0.617. The van der Waals surface area contributed by atoms with Gasteiger partial charge in [-0.05, 0) is 30.3 Å². The van der Waals surface area contributed by atoms with Gasteiger partial charge in [-0.2, -0.15) is 4.31 Å². The number of halogens is 1. The van der Waals surface area contributed by atoms with Crippen molar-refractivity contribution in [2.45, 2.75) is 18.7 Å². The van der Waals surface area contributed by atoms with Crippen molar-refractivity contribution >= 4 is 27.3 Å². The van der Waals surface area contributed by atoms with E-state index in [-0.39, 0.29) is 22.9 Å². The summed E-state index contributed by atoms with van der Waals surface area (Å²) in [5.74, 6) is -0.598. The Morgan fingerprint density at radius 2 is 1.67 bits per heavy atom. The van der Waals surface area contributed by atoms with Crippen molar-refractivity contribution in [2.75, 3.05) is 44.5 Å². The first-order valence-electron chi connectivity index (χ1n) is 9.32. The lowest BCUT2D eigenvalue weighted by Crippen LogP contribution is -2.30. The number of sulfonamides is 1. The Bertz CT molecular complexity index is 994. The number of methoxy groups -OCH3 is 2. The molecule has 164 valence electrons. The molecule has 0 bridgehead atoms. The summed E-state index contributed by atoms with van der Waals surface area (Å²) in [6.45, 7) is 3.99. The molecule has 2 N–H and O–H groups in total. The molecule has 0 aliphatic rings. The molecule has 0 heterocycles. The van der Waals surface area contributed by atoms with E-state index in [2.05, 4.69) is 10.6 Å². The monoisotopic (exact) mass is 439 g/mol. The Morgan fingerprint density at radius 1 is 1.03 bits per heavy atom. The third kappa shape index (κ3) is 5.39. The van der Waals surface area contributed by atoms with Gasteiger partial charge in [0, 0.05) is 24.8 Å². The van der Waals surface area contributed by atoms with Crippen LogP contribution in [0, 0.1) is 5.82 Å². The van der Waals surface area contributed by atoms with Crippen molar-refractivity contribution in [3.05, 3.63) is 42.2 Å². The highest BCUT2D eigenvalue weighted by Crippen LogP contribution is 2.29. The summed E-state index contributed by atoms with van der Waals surface area (Å²) in [7, 11) is -0.913. The summed E-state index contributed by atoms with van der Waals surface area (Å²) in [5, 5.41) is 5.43. The summed E-state index contributed by atoms with van der Waals surface area (Å²) in [6, 6.07) is 8.51. The minimum Gasteiger partial charge on any atom is -0.495 e. The Hall–Kier alpha value is -2.85. The van der Waals surface area contributed by atoms with Gasteiger partial charge < -0.3 is 20.1 Å². The first-order valence-corrected chi connectivity index (χ1v) is 10.8. The second-order valence-corrected chi connectivity index (χ2v) is 8.14. The zero-order valence-corrected chi connectivity index (χ0v) is 18.2. The van der Waals surface area contributed by atoms with Gasteiger partial charge in [-0.3, -0.25) is 4.79 Å². The van der Waals surface area contributed by atoms with Crippen LogP contribution >= 0.6 is 0 Å². The van der Waals surface area contributed by atoms with Gasteiger partial charge in [-0.15, -0.1) is 0 Å². The molecule has 0 fully saturated rings. The van der Waals surface area contributed by atoms with Crippen LogP contribution in [0.3, 0.4) is 0 Å². The van der Waals surface area contributed by atoms with Gasteiger partial charge in [-0.25, -0.2) is 12.8 Å². The normalized spacial score (nSPS) is 11.3. The summed E-state index contributed by atoms with van der Waals surface area (Å²) in [6.07, 6.45) is 0. The van der Waals surface area contributed by atoms with Crippen LogP contribution in [0.25, 0.3) is 0 Å². The second-order valence-electron chi connectivity index (χ2n) is 6.20. The van der Waals surface area contributed by atoms with Crippen molar-refractivity contribution in [2.24, 2.45) is 0 Å². The van der Waals surface area contributed by atoms with Crippen molar-refractivity contribution in [3.63, 3.8) is 0 Å². The molecule has 0 aliphatic carbocycles. The summed E-state index contributed by atoms with van der Waals surface area (Å²) in [4.78, 5) is 12.4. The molecule has 2 aromatic carbocycles. The molecule has 8 nitrogen and oxygen atoms in total. The number of ether oxygens (including phenoxy) is 2. The van der Waals surface area contributed by atoms with E-state index in [4.69, 9.17) is 9.47 Å². The molecule has 30 heavy (non-hydrogen) atoms. The van der Waals surface area contributed by atoms with Gasteiger partial charge in [0.1, 0.15) is 5.75 Å². The number of carbonyl (C=O) groups is 1. The predicted molar refractivity (Wildman–Crippen MR) is 113 cm³/mol. The van der Waals surface area contributed by atoms with Crippen LogP contribution in [-0.4, -0.2) is 52.5 Å². The van der Waals surface area contributed by atoms with Crippen molar-refractivity contribution in [3.8, 4) is 11.5 Å². The zero-order valence-electron chi connectivity index (χ0n) is 17.4. The average Bonchev–Trinajstić information content (AvgIpc) is 2.73. The van der Waals surface area contributed by atoms with Gasteiger partial charge in [0.2, 0.25) is 15.9 Å². The maximum absolute atomic E-state index is 13.8. The number of hydrogen-bond acceptors (Lipinski definition) is 6. The quantitative estimate of drug-likeness (QED) is 0.591. The van der Waals surface area contributed by atoms with E-state index in [9.17, 15) is 17.6 Å². The third-order valence-electron chi connectivity index (χ3n) is 4.39. The van der Waals surface area contributed by atoms with Crippen LogP contribution in [0.1, 0.15) is 13.8 Å². The fourth-order valence-electron chi connectivity index (χ4n) is 2.81. The minimum absolute atomic E-state index is 0.0486. The van der Waals surface area contributed by atoms with Crippen LogP contribution in [-0.2, 0) is 14.8 Å². The number of amides is 1. The predicted octanol–water partition coefficient (Wildman–Crippen LogP) is 2.92. The van der Waals surface area contributed by atoms with Crippen LogP contribution in [0.4, 0.5) is 15.8 Å². The summed E-state index contributed by atoms with van der Waals surface area (Å²) < 4.78 is 50.6. The van der Waals surface area contributed by atoms with E-state index in [0.717, 1.165) is 0 Å². The SMILES string of the molecule is CCN(CC)S(=O)(=O)c1ccc(OC)c(NC(=O)CNc2ccc(OC)c(F)c2)c1. The highest BCUT2D eigenvalue weighted by atomic mass is 32.2. The lowest BCUT2D eigenvalue weighted by atomic mass is 10.2. The Kier molecular flexibility index (Phi) is 8.01. The van der Waals surface area contributed by atoms with Crippen LogP contribution in [0.2, 0.25) is 0 Å². The molecule has 0 aromatic heterocycles. The van der Waals surface area contributed by atoms with Gasteiger partial charge in [0.15, 0.2) is 11.6 Å². The van der Waals surface area contributed by atoms with E-state index >= 15 is 0 Å². The van der Waals surface area contributed by atoms with Crippen molar-refractivity contribution < 1.29 is 27.1 Å². The largest absolute Gasteiger partial charge is 0.495 e. The summed E-state index contributed by atoms with van der Waals surface area (Å²) >= 11 is 0. The molecular formula is C20H26FN3O5S. The molecule has 0 saturated heterocycles. The number of carbonyl (C=O) groups excluding carboxylic acids is 1. The third-order valence-corrected chi connectivity index (χ3v) is 6.44. The number of hydrogen-bond donors (Lipinski definition) is 2. The van der Waals surface area contributed by atoms with Crippen LogP contribution < -0.4 is 20.1 Å². The second kappa shape index (κ2) is 10.3. The van der Waals surface area contributed by atoms with Gasteiger partial charge in [0.05, 0.1) is 31.3 Å². The lowest BCUT2D eigenvalue weighted by Gasteiger charge is -2.19. The molecular weight excluding hydrogens is 413 g/mol.